The van der Waals surface area contributed by atoms with Crippen LogP contribution in [0.4, 0.5) is 18.9 Å². The van der Waals surface area contributed by atoms with Gasteiger partial charge in [-0.1, -0.05) is 6.07 Å². The highest BCUT2D eigenvalue weighted by Crippen LogP contribution is 2.30. The van der Waals surface area contributed by atoms with Crippen molar-refractivity contribution in [2.75, 3.05) is 18.4 Å². The Kier molecular flexibility index (Phi) is 5.59. The van der Waals surface area contributed by atoms with Gasteiger partial charge in [-0.25, -0.2) is 8.42 Å². The van der Waals surface area contributed by atoms with Crippen molar-refractivity contribution in [1.29, 1.82) is 0 Å². The van der Waals surface area contributed by atoms with E-state index >= 15 is 0 Å². The van der Waals surface area contributed by atoms with E-state index in [1.54, 1.807) is 11.4 Å². The summed E-state index contributed by atoms with van der Waals surface area (Å²) < 4.78 is 64.5. The molecular formula is C17H17F3N2O3S2. The van der Waals surface area contributed by atoms with Crippen LogP contribution < -0.4 is 5.32 Å². The van der Waals surface area contributed by atoms with Crippen LogP contribution in [0.3, 0.4) is 0 Å². The van der Waals surface area contributed by atoms with E-state index in [9.17, 15) is 26.4 Å². The van der Waals surface area contributed by atoms with Gasteiger partial charge in [0.05, 0.1) is 11.5 Å². The van der Waals surface area contributed by atoms with Gasteiger partial charge in [0.2, 0.25) is 5.91 Å². The van der Waals surface area contributed by atoms with E-state index in [0.29, 0.717) is 19.4 Å². The maximum atomic E-state index is 12.6. The molecule has 3 rings (SSSR count). The van der Waals surface area contributed by atoms with Crippen molar-refractivity contribution in [3.05, 3.63) is 47.3 Å². The SMILES string of the molecule is O=C(Nc1ccc(C(F)(F)F)cc1)C1CCCN(S(=O)(=O)c2cccs2)C1. The molecule has 1 saturated heterocycles. The molecule has 1 atom stereocenters. The number of nitrogens with zero attached hydrogens (tertiary/aromatic N) is 1. The molecule has 1 aliphatic heterocycles. The van der Waals surface area contributed by atoms with Crippen LogP contribution in [-0.2, 0) is 21.0 Å². The minimum atomic E-state index is -4.44. The normalized spacial score (nSPS) is 19.0. The average Bonchev–Trinajstić information content (AvgIpc) is 3.17. The Morgan fingerprint density at radius 3 is 2.48 bits per heavy atom. The van der Waals surface area contributed by atoms with Crippen molar-refractivity contribution in [2.24, 2.45) is 5.92 Å². The fourth-order valence-corrected chi connectivity index (χ4v) is 5.57. The van der Waals surface area contributed by atoms with Crippen LogP contribution in [0.5, 0.6) is 0 Å². The predicted molar refractivity (Wildman–Crippen MR) is 95.9 cm³/mol. The topological polar surface area (TPSA) is 66.5 Å². The molecule has 1 aromatic carbocycles. The molecule has 0 aliphatic carbocycles. The molecule has 146 valence electrons. The van der Waals surface area contributed by atoms with Gasteiger partial charge >= 0.3 is 6.18 Å². The number of hydrogen-bond acceptors (Lipinski definition) is 4. The van der Waals surface area contributed by atoms with Gasteiger partial charge in [0.1, 0.15) is 4.21 Å². The van der Waals surface area contributed by atoms with Crippen LogP contribution in [0, 0.1) is 5.92 Å². The zero-order chi connectivity index (χ0) is 19.7. The zero-order valence-corrected chi connectivity index (χ0v) is 15.7. The summed E-state index contributed by atoms with van der Waals surface area (Å²) in [5.74, 6) is -0.961. The third-order valence-corrected chi connectivity index (χ3v) is 7.56. The largest absolute Gasteiger partial charge is 0.416 e. The Hall–Kier alpha value is -1.91. The first-order chi connectivity index (χ1) is 12.7. The van der Waals surface area contributed by atoms with Gasteiger partial charge in [0.25, 0.3) is 10.0 Å². The van der Waals surface area contributed by atoms with Gasteiger partial charge in [0, 0.05) is 18.8 Å². The number of anilines is 1. The number of sulfonamides is 1. The fraction of sp³-hybridized carbons (Fsp3) is 0.353. The minimum absolute atomic E-state index is 0.0483. The number of benzene rings is 1. The number of hydrogen-bond donors (Lipinski definition) is 1. The van der Waals surface area contributed by atoms with Gasteiger partial charge in [-0.3, -0.25) is 4.79 Å². The van der Waals surface area contributed by atoms with Gasteiger partial charge in [-0.15, -0.1) is 11.3 Å². The van der Waals surface area contributed by atoms with Crippen molar-refractivity contribution >= 4 is 33.0 Å². The highest BCUT2D eigenvalue weighted by Gasteiger charge is 2.34. The summed E-state index contributed by atoms with van der Waals surface area (Å²) in [6, 6.07) is 7.32. The van der Waals surface area contributed by atoms with Crippen molar-refractivity contribution in [3.8, 4) is 0 Å². The molecule has 27 heavy (non-hydrogen) atoms. The molecule has 2 heterocycles. The molecule has 1 fully saturated rings. The lowest BCUT2D eigenvalue weighted by Gasteiger charge is -2.30. The van der Waals surface area contributed by atoms with E-state index < -0.39 is 33.6 Å². The second kappa shape index (κ2) is 7.61. The highest BCUT2D eigenvalue weighted by molar-refractivity contribution is 7.91. The molecule has 0 spiro atoms. The van der Waals surface area contributed by atoms with Crippen molar-refractivity contribution in [3.63, 3.8) is 0 Å². The Bertz CT molecular complexity index is 895. The Morgan fingerprint density at radius 2 is 1.89 bits per heavy atom. The van der Waals surface area contributed by atoms with E-state index in [1.807, 2.05) is 0 Å². The first-order valence-corrected chi connectivity index (χ1v) is 10.5. The van der Waals surface area contributed by atoms with Crippen LogP contribution in [0.25, 0.3) is 0 Å². The van der Waals surface area contributed by atoms with E-state index in [2.05, 4.69) is 5.32 Å². The van der Waals surface area contributed by atoms with Crippen LogP contribution in [0.2, 0.25) is 0 Å². The molecule has 0 bridgehead atoms. The fourth-order valence-electron chi connectivity index (χ4n) is 2.90. The van der Waals surface area contributed by atoms with E-state index in [1.165, 1.54) is 22.5 Å². The number of amides is 1. The maximum absolute atomic E-state index is 12.6. The Morgan fingerprint density at radius 1 is 1.19 bits per heavy atom. The summed E-state index contributed by atoms with van der Waals surface area (Å²) in [6.07, 6.45) is -3.39. The van der Waals surface area contributed by atoms with Gasteiger partial charge in [-0.05, 0) is 48.6 Å². The van der Waals surface area contributed by atoms with Crippen molar-refractivity contribution in [1.82, 2.24) is 4.31 Å². The summed E-state index contributed by atoms with van der Waals surface area (Å²) in [5, 5.41) is 4.24. The number of carbonyl (C=O) groups is 1. The standard InChI is InChI=1S/C17H17F3N2O3S2/c18-17(19,20)13-5-7-14(8-6-13)21-16(23)12-3-1-9-22(11-12)27(24,25)15-4-2-10-26-15/h2,4-8,10,12H,1,3,9,11H2,(H,21,23). The number of carbonyl (C=O) groups excluding carboxylic acids is 1. The number of piperidine rings is 1. The first kappa shape index (κ1) is 19.8. The lowest BCUT2D eigenvalue weighted by molar-refractivity contribution is -0.137. The van der Waals surface area contributed by atoms with Crippen molar-refractivity contribution in [2.45, 2.75) is 23.2 Å². The monoisotopic (exact) mass is 418 g/mol. The Balaban J connectivity index is 1.67. The van der Waals surface area contributed by atoms with E-state index in [-0.39, 0.29) is 16.4 Å². The summed E-state index contributed by atoms with van der Waals surface area (Å²) >= 11 is 1.12. The van der Waals surface area contributed by atoms with Crippen LogP contribution >= 0.6 is 11.3 Å². The van der Waals surface area contributed by atoms with Gasteiger partial charge in [-0.2, -0.15) is 17.5 Å². The summed E-state index contributed by atoms with van der Waals surface area (Å²) in [7, 11) is -3.63. The molecule has 0 radical (unpaired) electrons. The number of halogens is 3. The van der Waals surface area contributed by atoms with E-state index in [4.69, 9.17) is 0 Å². The van der Waals surface area contributed by atoms with Crippen LogP contribution in [0.1, 0.15) is 18.4 Å². The summed E-state index contributed by atoms with van der Waals surface area (Å²) in [5.41, 5.74) is -0.558. The molecule has 5 nitrogen and oxygen atoms in total. The lowest BCUT2D eigenvalue weighted by Crippen LogP contribution is -2.43. The zero-order valence-electron chi connectivity index (χ0n) is 14.1. The first-order valence-electron chi connectivity index (χ1n) is 8.20. The van der Waals surface area contributed by atoms with Gasteiger partial charge < -0.3 is 5.32 Å². The molecule has 1 amide bonds. The molecule has 10 heteroatoms. The molecule has 1 unspecified atom stereocenters. The van der Waals surface area contributed by atoms with Gasteiger partial charge in [0.15, 0.2) is 0 Å². The Labute approximate surface area is 158 Å². The third-order valence-electron chi connectivity index (χ3n) is 4.32. The van der Waals surface area contributed by atoms with Crippen LogP contribution in [0.15, 0.2) is 46.0 Å². The highest BCUT2D eigenvalue weighted by atomic mass is 32.2. The van der Waals surface area contributed by atoms with Crippen molar-refractivity contribution < 1.29 is 26.4 Å². The second-order valence-corrected chi connectivity index (χ2v) is 9.31. The predicted octanol–water partition coefficient (Wildman–Crippen LogP) is 3.81. The molecule has 1 aromatic heterocycles. The smallest absolute Gasteiger partial charge is 0.326 e. The summed E-state index contributed by atoms with van der Waals surface area (Å²) in [4.78, 5) is 12.5. The second-order valence-electron chi connectivity index (χ2n) is 6.20. The van der Waals surface area contributed by atoms with E-state index in [0.717, 1.165) is 23.5 Å². The van der Waals surface area contributed by atoms with Crippen LogP contribution in [-0.4, -0.2) is 31.7 Å². The molecule has 2 aromatic rings. The lowest BCUT2D eigenvalue weighted by atomic mass is 9.98. The molecule has 0 saturated carbocycles. The average molecular weight is 418 g/mol. The molecule has 1 aliphatic rings. The number of thiophene rings is 1. The third kappa shape index (κ3) is 4.50. The molecule has 1 N–H and O–H groups in total. The minimum Gasteiger partial charge on any atom is -0.326 e. The quantitative estimate of drug-likeness (QED) is 0.821. The number of nitrogens with one attached hydrogen (secondary N) is 1. The molecular weight excluding hydrogens is 401 g/mol. The summed E-state index contributed by atoms with van der Waals surface area (Å²) in [6.45, 7) is 0.386. The number of rotatable bonds is 4. The maximum Gasteiger partial charge on any atom is 0.416 e. The number of alkyl halides is 3.